The van der Waals surface area contributed by atoms with Crippen molar-refractivity contribution >= 4 is 11.8 Å². The number of ether oxygens (including phenoxy) is 1. The summed E-state index contributed by atoms with van der Waals surface area (Å²) in [4.78, 5) is 14.0. The van der Waals surface area contributed by atoms with Gasteiger partial charge in [-0.15, -0.1) is 11.8 Å². The molecule has 1 aliphatic heterocycles. The summed E-state index contributed by atoms with van der Waals surface area (Å²) in [5, 5.41) is 4.12. The number of halogens is 3. The van der Waals surface area contributed by atoms with E-state index in [4.69, 9.17) is 4.74 Å². The maximum absolute atomic E-state index is 15.5. The minimum Gasteiger partial charge on any atom is -0.494 e. The van der Waals surface area contributed by atoms with Crippen LogP contribution in [0.1, 0.15) is 28.3 Å². The van der Waals surface area contributed by atoms with Crippen molar-refractivity contribution in [2.45, 2.75) is 30.8 Å². The molecule has 0 radical (unpaired) electrons. The fraction of sp³-hybridized carbons (Fsp3) is 0.258. The molecule has 3 aromatic carbocycles. The Morgan fingerprint density at radius 1 is 0.974 bits per heavy atom. The van der Waals surface area contributed by atoms with E-state index in [0.717, 1.165) is 13.0 Å². The normalized spacial score (nSPS) is 14.4. The van der Waals surface area contributed by atoms with E-state index in [2.05, 4.69) is 17.4 Å². The van der Waals surface area contributed by atoms with Gasteiger partial charge in [-0.2, -0.15) is 0 Å². The van der Waals surface area contributed by atoms with E-state index >= 15 is 4.39 Å². The zero-order valence-corrected chi connectivity index (χ0v) is 22.6. The van der Waals surface area contributed by atoms with Crippen molar-refractivity contribution in [3.05, 3.63) is 117 Å². The summed E-state index contributed by atoms with van der Waals surface area (Å²) in [5.41, 5.74) is 2.22. The predicted octanol–water partition coefficient (Wildman–Crippen LogP) is 6.32. The molecule has 0 bridgehead atoms. The standard InChI is InChI=1S/C31H29F3N2O2S/c1-19-23(16-24-25(32)11-7-12-26(24)33)31-36(30(37)28(19)22-10-6-13-27(38-2)29(22)34)21(18-39-31)17-35-15-14-20-8-4-3-5-9-20/h3-13,21,35H,14-18H2,1-2H3. The van der Waals surface area contributed by atoms with Gasteiger partial charge in [-0.1, -0.05) is 48.5 Å². The van der Waals surface area contributed by atoms with Gasteiger partial charge < -0.3 is 10.1 Å². The van der Waals surface area contributed by atoms with E-state index in [1.165, 1.54) is 54.8 Å². The summed E-state index contributed by atoms with van der Waals surface area (Å²) in [6.07, 6.45) is 0.786. The Morgan fingerprint density at radius 2 is 1.69 bits per heavy atom. The van der Waals surface area contributed by atoms with Gasteiger partial charge in [0.15, 0.2) is 11.6 Å². The molecule has 1 atom stereocenters. The van der Waals surface area contributed by atoms with E-state index in [9.17, 15) is 13.6 Å². The smallest absolute Gasteiger partial charge is 0.260 e. The molecule has 39 heavy (non-hydrogen) atoms. The molecule has 5 rings (SSSR count). The van der Waals surface area contributed by atoms with Gasteiger partial charge in [0.25, 0.3) is 5.56 Å². The number of fused-ring (bicyclic) bond motifs is 1. The van der Waals surface area contributed by atoms with Crippen molar-refractivity contribution in [2.75, 3.05) is 26.0 Å². The van der Waals surface area contributed by atoms with Crippen LogP contribution in [0.3, 0.4) is 0 Å². The number of benzene rings is 3. The second-order valence-corrected chi connectivity index (χ2v) is 10.6. The van der Waals surface area contributed by atoms with Crippen LogP contribution >= 0.6 is 11.8 Å². The third-order valence-electron chi connectivity index (χ3n) is 7.20. The summed E-state index contributed by atoms with van der Waals surface area (Å²) in [6, 6.07) is 18.3. The van der Waals surface area contributed by atoms with Crippen LogP contribution in [0.5, 0.6) is 5.75 Å². The van der Waals surface area contributed by atoms with Crippen molar-refractivity contribution in [3.63, 3.8) is 0 Å². The Morgan fingerprint density at radius 3 is 2.41 bits per heavy atom. The molecule has 202 valence electrons. The molecule has 0 aliphatic carbocycles. The number of hydrogen-bond donors (Lipinski definition) is 1. The number of hydrogen-bond acceptors (Lipinski definition) is 4. The molecule has 1 N–H and O–H groups in total. The summed E-state index contributed by atoms with van der Waals surface area (Å²) >= 11 is 1.49. The summed E-state index contributed by atoms with van der Waals surface area (Å²) in [6.45, 7) is 2.98. The highest BCUT2D eigenvalue weighted by atomic mass is 32.2. The number of methoxy groups -OCH3 is 1. The number of pyridine rings is 1. The topological polar surface area (TPSA) is 43.3 Å². The molecule has 1 aromatic heterocycles. The molecule has 0 saturated carbocycles. The van der Waals surface area contributed by atoms with Gasteiger partial charge in [-0.25, -0.2) is 13.2 Å². The zero-order chi connectivity index (χ0) is 27.5. The van der Waals surface area contributed by atoms with E-state index in [-0.39, 0.29) is 40.5 Å². The maximum Gasteiger partial charge on any atom is 0.260 e. The third-order valence-corrected chi connectivity index (χ3v) is 8.46. The van der Waals surface area contributed by atoms with Gasteiger partial charge >= 0.3 is 0 Å². The number of nitrogens with one attached hydrogen (secondary N) is 1. The van der Waals surface area contributed by atoms with Crippen molar-refractivity contribution in [1.82, 2.24) is 9.88 Å². The van der Waals surface area contributed by atoms with Crippen LogP contribution in [-0.2, 0) is 12.8 Å². The molecule has 1 unspecified atom stereocenters. The Hall–Kier alpha value is -3.49. The van der Waals surface area contributed by atoms with Gasteiger partial charge in [-0.05, 0) is 54.8 Å². The molecule has 0 spiro atoms. The van der Waals surface area contributed by atoms with E-state index in [0.29, 0.717) is 28.5 Å². The highest BCUT2D eigenvalue weighted by Gasteiger charge is 2.32. The second kappa shape index (κ2) is 11.7. The molecular formula is C31H29F3N2O2S. The Bertz CT molecular complexity index is 1540. The molecule has 4 nitrogen and oxygen atoms in total. The van der Waals surface area contributed by atoms with Crippen LogP contribution in [0.15, 0.2) is 76.6 Å². The SMILES string of the molecule is COc1cccc(-c2c(C)c(Cc3c(F)cccc3F)c3n(c2=O)C(CNCCc2ccccc2)CS3)c1F. The highest BCUT2D eigenvalue weighted by molar-refractivity contribution is 7.99. The number of aromatic nitrogens is 1. The average Bonchev–Trinajstić information content (AvgIpc) is 3.36. The van der Waals surface area contributed by atoms with E-state index in [1.807, 2.05) is 18.2 Å². The first-order valence-corrected chi connectivity index (χ1v) is 13.8. The first kappa shape index (κ1) is 27.1. The van der Waals surface area contributed by atoms with Gasteiger partial charge in [0.2, 0.25) is 0 Å². The molecule has 8 heteroatoms. The molecule has 2 heterocycles. The van der Waals surface area contributed by atoms with Crippen molar-refractivity contribution in [3.8, 4) is 16.9 Å². The minimum atomic E-state index is -0.657. The minimum absolute atomic E-state index is 0.0204. The monoisotopic (exact) mass is 550 g/mol. The van der Waals surface area contributed by atoms with Gasteiger partial charge in [0.1, 0.15) is 11.6 Å². The number of thioether (sulfide) groups is 1. The molecule has 0 amide bonds. The first-order chi connectivity index (χ1) is 18.9. The lowest BCUT2D eigenvalue weighted by Gasteiger charge is -2.21. The lowest BCUT2D eigenvalue weighted by Crippen LogP contribution is -2.34. The largest absolute Gasteiger partial charge is 0.494 e. The second-order valence-electron chi connectivity index (χ2n) is 9.56. The first-order valence-electron chi connectivity index (χ1n) is 12.8. The van der Waals surface area contributed by atoms with Crippen LogP contribution in [0.4, 0.5) is 13.2 Å². The number of nitrogens with zero attached hydrogens (tertiary/aromatic N) is 1. The average molecular weight is 551 g/mol. The summed E-state index contributed by atoms with van der Waals surface area (Å²) in [7, 11) is 1.37. The summed E-state index contributed by atoms with van der Waals surface area (Å²) < 4.78 is 51.7. The lowest BCUT2D eigenvalue weighted by atomic mass is 9.94. The van der Waals surface area contributed by atoms with E-state index < -0.39 is 17.5 Å². The molecule has 4 aromatic rings. The van der Waals surface area contributed by atoms with Crippen molar-refractivity contribution < 1.29 is 17.9 Å². The van der Waals surface area contributed by atoms with Crippen LogP contribution < -0.4 is 15.6 Å². The van der Waals surface area contributed by atoms with Gasteiger partial charge in [0, 0.05) is 29.8 Å². The van der Waals surface area contributed by atoms with E-state index in [1.54, 1.807) is 17.6 Å². The predicted molar refractivity (Wildman–Crippen MR) is 149 cm³/mol. The van der Waals surface area contributed by atoms with Crippen LogP contribution in [0.25, 0.3) is 11.1 Å². The Kier molecular flexibility index (Phi) is 8.14. The van der Waals surface area contributed by atoms with Crippen LogP contribution in [-0.4, -0.2) is 30.5 Å². The van der Waals surface area contributed by atoms with Gasteiger partial charge in [0.05, 0.1) is 23.7 Å². The molecular weight excluding hydrogens is 521 g/mol. The Balaban J connectivity index is 1.57. The third kappa shape index (κ3) is 5.36. The van der Waals surface area contributed by atoms with Crippen molar-refractivity contribution in [2.24, 2.45) is 0 Å². The van der Waals surface area contributed by atoms with Crippen LogP contribution in [0, 0.1) is 24.4 Å². The molecule has 0 saturated heterocycles. The van der Waals surface area contributed by atoms with Crippen molar-refractivity contribution in [1.29, 1.82) is 0 Å². The van der Waals surface area contributed by atoms with Crippen LogP contribution in [0.2, 0.25) is 0 Å². The van der Waals surface area contributed by atoms with Gasteiger partial charge in [-0.3, -0.25) is 9.36 Å². The quantitative estimate of drug-likeness (QED) is 0.248. The molecule has 0 fully saturated rings. The highest BCUT2D eigenvalue weighted by Crippen LogP contribution is 2.40. The Labute approximate surface area is 229 Å². The maximum atomic E-state index is 15.5. The fourth-order valence-electron chi connectivity index (χ4n) is 5.13. The number of rotatable bonds is 9. The zero-order valence-electron chi connectivity index (χ0n) is 21.8. The fourth-order valence-corrected chi connectivity index (χ4v) is 6.52. The summed E-state index contributed by atoms with van der Waals surface area (Å²) in [5.74, 6) is -1.32. The molecule has 1 aliphatic rings. The lowest BCUT2D eigenvalue weighted by molar-refractivity contribution is 0.387.